The molecular weight excluding hydrogens is 356 g/mol. The number of amides is 2. The van der Waals surface area contributed by atoms with Gasteiger partial charge in [-0.25, -0.2) is 9.78 Å². The number of carbonyl (C=O) groups excluding carboxylic acids is 2. The van der Waals surface area contributed by atoms with Gasteiger partial charge in [-0.15, -0.1) is 0 Å². The number of aromatic nitrogens is 2. The number of rotatable bonds is 5. The maximum absolute atomic E-state index is 13.0. The molecule has 1 aromatic carbocycles. The van der Waals surface area contributed by atoms with E-state index in [0.29, 0.717) is 18.5 Å². The molecule has 2 aromatic rings. The number of alkyl carbamates (subject to hydrolysis) is 1. The van der Waals surface area contributed by atoms with Crippen LogP contribution in [-0.2, 0) is 16.1 Å². The number of imidazole rings is 1. The van der Waals surface area contributed by atoms with Crippen LogP contribution in [0.1, 0.15) is 52.0 Å². The molecule has 1 heterocycles. The summed E-state index contributed by atoms with van der Waals surface area (Å²) in [4.78, 5) is 29.3. The average Bonchev–Trinajstić information content (AvgIpc) is 3.27. The van der Waals surface area contributed by atoms with Crippen molar-refractivity contribution < 1.29 is 14.3 Å². The zero-order valence-electron chi connectivity index (χ0n) is 16.7. The Labute approximate surface area is 165 Å². The predicted octanol–water partition coefficient (Wildman–Crippen LogP) is 3.71. The van der Waals surface area contributed by atoms with Crippen molar-refractivity contribution in [1.82, 2.24) is 14.9 Å². The van der Waals surface area contributed by atoms with E-state index in [2.05, 4.69) is 15.6 Å². The Bertz CT molecular complexity index is 801. The predicted molar refractivity (Wildman–Crippen MR) is 107 cm³/mol. The lowest BCUT2D eigenvalue weighted by Gasteiger charge is -2.30. The van der Waals surface area contributed by atoms with Crippen LogP contribution in [0.3, 0.4) is 0 Å². The first-order valence-corrected chi connectivity index (χ1v) is 9.63. The minimum Gasteiger partial charge on any atom is -0.444 e. The van der Waals surface area contributed by atoms with Crippen LogP contribution in [0.4, 0.5) is 10.5 Å². The zero-order chi connectivity index (χ0) is 20.2. The Morgan fingerprint density at radius 2 is 1.86 bits per heavy atom. The first-order chi connectivity index (χ1) is 13.3. The zero-order valence-corrected chi connectivity index (χ0v) is 16.7. The van der Waals surface area contributed by atoms with Gasteiger partial charge in [0.2, 0.25) is 5.91 Å². The van der Waals surface area contributed by atoms with Gasteiger partial charge in [-0.1, -0.05) is 25.0 Å². The summed E-state index contributed by atoms with van der Waals surface area (Å²) in [5.74, 6) is -0.196. The van der Waals surface area contributed by atoms with Gasteiger partial charge in [0.25, 0.3) is 0 Å². The average molecular weight is 384 g/mol. The van der Waals surface area contributed by atoms with Crippen LogP contribution >= 0.6 is 0 Å². The number of anilines is 1. The molecule has 1 saturated carbocycles. The molecule has 0 saturated heterocycles. The lowest BCUT2D eigenvalue weighted by Crippen LogP contribution is -2.55. The molecule has 2 N–H and O–H groups in total. The molecule has 1 fully saturated rings. The molecule has 0 atom stereocenters. The standard InChI is InChI=1S/C21H28N4O3/c1-20(2,3)28-19(27)24-21(10-4-5-11-21)18(26)23-17-8-6-16(7-9-17)14-25-13-12-22-15-25/h6-9,12-13,15H,4-5,10-11,14H2,1-3H3,(H,23,26)(H,24,27). The second-order valence-electron chi connectivity index (χ2n) is 8.30. The topological polar surface area (TPSA) is 85.2 Å². The molecule has 0 radical (unpaired) electrons. The third kappa shape index (κ3) is 5.12. The quantitative estimate of drug-likeness (QED) is 0.823. The maximum Gasteiger partial charge on any atom is 0.408 e. The Morgan fingerprint density at radius 1 is 1.18 bits per heavy atom. The van der Waals surface area contributed by atoms with E-state index in [0.717, 1.165) is 24.9 Å². The van der Waals surface area contributed by atoms with Crippen molar-refractivity contribution in [2.45, 2.75) is 64.1 Å². The minimum atomic E-state index is -0.919. The van der Waals surface area contributed by atoms with Gasteiger partial charge >= 0.3 is 6.09 Å². The number of nitrogens with one attached hydrogen (secondary N) is 2. The van der Waals surface area contributed by atoms with E-state index in [1.807, 2.05) is 35.0 Å². The number of hydrogen-bond donors (Lipinski definition) is 2. The van der Waals surface area contributed by atoms with Crippen molar-refractivity contribution >= 4 is 17.7 Å². The highest BCUT2D eigenvalue weighted by molar-refractivity contribution is 6.00. The van der Waals surface area contributed by atoms with Gasteiger partial charge in [-0.3, -0.25) is 4.79 Å². The van der Waals surface area contributed by atoms with Gasteiger partial charge in [0.05, 0.1) is 6.33 Å². The summed E-state index contributed by atoms with van der Waals surface area (Å²) >= 11 is 0. The molecule has 0 bridgehead atoms. The molecule has 3 rings (SSSR count). The molecule has 2 amide bonds. The highest BCUT2D eigenvalue weighted by Crippen LogP contribution is 2.31. The maximum atomic E-state index is 13.0. The fourth-order valence-electron chi connectivity index (χ4n) is 3.42. The van der Waals surface area contributed by atoms with E-state index < -0.39 is 17.2 Å². The van der Waals surface area contributed by atoms with E-state index in [1.165, 1.54) is 0 Å². The third-order valence-electron chi connectivity index (χ3n) is 4.77. The minimum absolute atomic E-state index is 0.196. The molecule has 0 unspecified atom stereocenters. The van der Waals surface area contributed by atoms with Gasteiger partial charge in [0.15, 0.2) is 0 Å². The monoisotopic (exact) mass is 384 g/mol. The largest absolute Gasteiger partial charge is 0.444 e. The fourth-order valence-corrected chi connectivity index (χ4v) is 3.42. The van der Waals surface area contributed by atoms with Crippen molar-refractivity contribution in [3.05, 3.63) is 48.5 Å². The van der Waals surface area contributed by atoms with E-state index >= 15 is 0 Å². The second kappa shape index (κ2) is 8.04. The Morgan fingerprint density at radius 3 is 2.43 bits per heavy atom. The molecule has 7 nitrogen and oxygen atoms in total. The number of nitrogens with zero attached hydrogens (tertiary/aromatic N) is 2. The second-order valence-corrected chi connectivity index (χ2v) is 8.30. The van der Waals surface area contributed by atoms with Crippen LogP contribution in [0.15, 0.2) is 43.0 Å². The van der Waals surface area contributed by atoms with E-state index in [-0.39, 0.29) is 5.91 Å². The Balaban J connectivity index is 1.64. The van der Waals surface area contributed by atoms with E-state index in [9.17, 15) is 9.59 Å². The first-order valence-electron chi connectivity index (χ1n) is 9.63. The highest BCUT2D eigenvalue weighted by Gasteiger charge is 2.43. The van der Waals surface area contributed by atoms with Crippen LogP contribution in [-0.4, -0.2) is 32.7 Å². The third-order valence-corrected chi connectivity index (χ3v) is 4.77. The molecule has 7 heteroatoms. The van der Waals surface area contributed by atoms with E-state index in [4.69, 9.17) is 4.74 Å². The van der Waals surface area contributed by atoms with Crippen molar-refractivity contribution in [2.75, 3.05) is 5.32 Å². The SMILES string of the molecule is CC(C)(C)OC(=O)NC1(C(=O)Nc2ccc(Cn3ccnc3)cc2)CCCC1. The lowest BCUT2D eigenvalue weighted by molar-refractivity contribution is -0.122. The highest BCUT2D eigenvalue weighted by atomic mass is 16.6. The number of hydrogen-bond acceptors (Lipinski definition) is 4. The van der Waals surface area contributed by atoms with Gasteiger partial charge in [0.1, 0.15) is 11.1 Å². The van der Waals surface area contributed by atoms with Crippen molar-refractivity contribution in [2.24, 2.45) is 0 Å². The summed E-state index contributed by atoms with van der Waals surface area (Å²) in [6.07, 6.45) is 7.87. The first kappa shape index (κ1) is 19.9. The fraction of sp³-hybridized carbons (Fsp3) is 0.476. The van der Waals surface area contributed by atoms with Crippen LogP contribution in [0.5, 0.6) is 0 Å². The van der Waals surface area contributed by atoms with Crippen LogP contribution < -0.4 is 10.6 Å². The van der Waals surface area contributed by atoms with Crippen LogP contribution in [0.25, 0.3) is 0 Å². The van der Waals surface area contributed by atoms with Gasteiger partial charge in [-0.2, -0.15) is 0 Å². The molecule has 1 aliphatic carbocycles. The molecule has 1 aliphatic rings. The number of ether oxygens (including phenoxy) is 1. The van der Waals surface area contributed by atoms with Crippen LogP contribution in [0, 0.1) is 0 Å². The molecule has 0 aliphatic heterocycles. The summed E-state index contributed by atoms with van der Waals surface area (Å²) in [5.41, 5.74) is 0.290. The normalized spacial score (nSPS) is 15.8. The summed E-state index contributed by atoms with van der Waals surface area (Å²) in [5, 5.41) is 5.78. The lowest BCUT2D eigenvalue weighted by atomic mass is 9.96. The van der Waals surface area contributed by atoms with Crippen LogP contribution in [0.2, 0.25) is 0 Å². The molecule has 0 spiro atoms. The molecular formula is C21H28N4O3. The molecule has 150 valence electrons. The van der Waals surface area contributed by atoms with Crippen molar-refractivity contribution in [3.63, 3.8) is 0 Å². The summed E-state index contributed by atoms with van der Waals surface area (Å²) < 4.78 is 7.33. The number of benzene rings is 1. The Kier molecular flexibility index (Phi) is 5.72. The van der Waals surface area contributed by atoms with Gasteiger partial charge in [0, 0.05) is 24.6 Å². The van der Waals surface area contributed by atoms with E-state index in [1.54, 1.807) is 33.3 Å². The van der Waals surface area contributed by atoms with Crippen molar-refractivity contribution in [1.29, 1.82) is 0 Å². The Hall–Kier alpha value is -2.83. The molecule has 28 heavy (non-hydrogen) atoms. The number of carbonyl (C=O) groups is 2. The van der Waals surface area contributed by atoms with Gasteiger partial charge < -0.3 is 19.9 Å². The smallest absolute Gasteiger partial charge is 0.408 e. The molecule has 1 aromatic heterocycles. The summed E-state index contributed by atoms with van der Waals surface area (Å²) in [6, 6.07) is 7.69. The van der Waals surface area contributed by atoms with Gasteiger partial charge in [-0.05, 0) is 51.3 Å². The van der Waals surface area contributed by atoms with Crippen molar-refractivity contribution in [3.8, 4) is 0 Å². The summed E-state index contributed by atoms with van der Waals surface area (Å²) in [6.45, 7) is 6.14. The summed E-state index contributed by atoms with van der Waals surface area (Å²) in [7, 11) is 0.